The number of benzene rings is 1. The molecule has 0 bridgehead atoms. The summed E-state index contributed by atoms with van der Waals surface area (Å²) >= 11 is 1.75. The van der Waals surface area contributed by atoms with E-state index in [1.807, 2.05) is 0 Å². The van der Waals surface area contributed by atoms with Crippen LogP contribution in [0.15, 0.2) is 41.2 Å². The second-order valence-corrected chi connectivity index (χ2v) is 7.15. The summed E-state index contributed by atoms with van der Waals surface area (Å²) in [5, 5.41) is 11.5. The van der Waals surface area contributed by atoms with Crippen LogP contribution in [-0.4, -0.2) is 25.5 Å². The van der Waals surface area contributed by atoms with Crippen LogP contribution in [0.1, 0.15) is 11.3 Å². The Morgan fingerprint density at radius 3 is 2.74 bits per heavy atom. The lowest BCUT2D eigenvalue weighted by atomic mass is 10.1. The number of rotatable bonds is 4. The molecule has 3 heterocycles. The third-order valence-electron chi connectivity index (χ3n) is 4.27. The number of carbonyl (C=O) groups is 1. The van der Waals surface area contributed by atoms with Gasteiger partial charge in [-0.15, -0.1) is 0 Å². The van der Waals surface area contributed by atoms with Crippen LogP contribution in [0.25, 0.3) is 11.3 Å². The van der Waals surface area contributed by atoms with E-state index < -0.39 is 0 Å². The largest absolute Gasteiger partial charge is 0.309 e. The van der Waals surface area contributed by atoms with Crippen LogP contribution in [-0.2, 0) is 29.9 Å². The molecule has 0 fully saturated rings. The number of anilines is 1. The monoisotopic (exact) mass is 385 g/mol. The van der Waals surface area contributed by atoms with Crippen molar-refractivity contribution in [2.45, 2.75) is 18.1 Å². The maximum Gasteiger partial charge on any atom is 0.267 e. The Balaban J connectivity index is 1.55. The van der Waals surface area contributed by atoms with Gasteiger partial charge >= 0.3 is 0 Å². The molecule has 0 saturated carbocycles. The van der Waals surface area contributed by atoms with Gasteiger partial charge in [0.1, 0.15) is 18.2 Å². The number of aryl methyl sites for hydroxylation is 1. The molecule has 1 aliphatic rings. The second-order valence-electron chi connectivity index (χ2n) is 6.16. The minimum absolute atomic E-state index is 0.221. The van der Waals surface area contributed by atoms with Gasteiger partial charge in [0.05, 0.1) is 11.4 Å². The summed E-state index contributed by atoms with van der Waals surface area (Å²) in [7, 11) is 1.78. The van der Waals surface area contributed by atoms with Crippen LogP contribution in [0, 0.1) is 5.82 Å². The number of halogens is 1. The van der Waals surface area contributed by atoms with Crippen LogP contribution < -0.4 is 10.9 Å². The first-order valence-corrected chi connectivity index (χ1v) is 9.43. The van der Waals surface area contributed by atoms with Gasteiger partial charge in [0, 0.05) is 35.7 Å². The Hall–Kier alpha value is -2.94. The molecular weight excluding hydrogens is 369 g/mol. The molecule has 1 aromatic carbocycles. The van der Waals surface area contributed by atoms with Crippen LogP contribution in [0.5, 0.6) is 0 Å². The molecule has 1 amide bonds. The molecule has 0 spiro atoms. The predicted octanol–water partition coefficient (Wildman–Crippen LogP) is 2.17. The van der Waals surface area contributed by atoms with Crippen LogP contribution >= 0.6 is 11.8 Å². The average molecular weight is 385 g/mol. The Morgan fingerprint density at radius 2 is 1.96 bits per heavy atom. The van der Waals surface area contributed by atoms with Crippen molar-refractivity contribution in [3.8, 4) is 11.3 Å². The number of nitrogens with one attached hydrogen (secondary N) is 1. The van der Waals surface area contributed by atoms with Crippen molar-refractivity contribution in [1.29, 1.82) is 0 Å². The SMILES string of the molecule is Cn1nc2c(c1NC(=O)Cn1nc(-c3ccc(F)cc3)ccc1=O)CSC2. The van der Waals surface area contributed by atoms with E-state index in [1.165, 1.54) is 18.2 Å². The zero-order chi connectivity index (χ0) is 19.0. The molecule has 0 unspecified atom stereocenters. The molecule has 1 N–H and O–H groups in total. The minimum atomic E-state index is -0.387. The molecule has 7 nitrogen and oxygen atoms in total. The Morgan fingerprint density at radius 1 is 1.19 bits per heavy atom. The smallest absolute Gasteiger partial charge is 0.267 e. The molecule has 27 heavy (non-hydrogen) atoms. The summed E-state index contributed by atoms with van der Waals surface area (Å²) in [5.74, 6) is 1.58. The van der Waals surface area contributed by atoms with E-state index in [0.29, 0.717) is 17.1 Å². The van der Waals surface area contributed by atoms with Crippen LogP contribution in [0.2, 0.25) is 0 Å². The van der Waals surface area contributed by atoms with Gasteiger partial charge < -0.3 is 5.32 Å². The van der Waals surface area contributed by atoms with Gasteiger partial charge in [0.15, 0.2) is 0 Å². The van der Waals surface area contributed by atoms with Gasteiger partial charge in [-0.2, -0.15) is 22.0 Å². The molecule has 0 aliphatic carbocycles. The quantitative estimate of drug-likeness (QED) is 0.744. The number of fused-ring (bicyclic) bond motifs is 1. The molecule has 138 valence electrons. The maximum absolute atomic E-state index is 13.1. The molecule has 0 atom stereocenters. The van der Waals surface area contributed by atoms with E-state index in [2.05, 4.69) is 15.5 Å². The van der Waals surface area contributed by atoms with E-state index >= 15 is 0 Å². The number of amides is 1. The molecule has 9 heteroatoms. The molecule has 0 saturated heterocycles. The van der Waals surface area contributed by atoms with Gasteiger partial charge in [-0.25, -0.2) is 9.07 Å². The zero-order valence-electron chi connectivity index (χ0n) is 14.5. The lowest BCUT2D eigenvalue weighted by Gasteiger charge is -2.09. The van der Waals surface area contributed by atoms with Crippen molar-refractivity contribution in [3.63, 3.8) is 0 Å². The minimum Gasteiger partial charge on any atom is -0.309 e. The van der Waals surface area contributed by atoms with E-state index in [1.54, 1.807) is 41.7 Å². The fraction of sp³-hybridized carbons (Fsp3) is 0.222. The zero-order valence-corrected chi connectivity index (χ0v) is 15.3. The summed E-state index contributed by atoms with van der Waals surface area (Å²) in [4.78, 5) is 24.6. The normalized spacial score (nSPS) is 12.8. The molecule has 4 rings (SSSR count). The lowest BCUT2D eigenvalue weighted by molar-refractivity contribution is -0.117. The van der Waals surface area contributed by atoms with Gasteiger partial charge in [-0.1, -0.05) is 0 Å². The predicted molar refractivity (Wildman–Crippen MR) is 101 cm³/mol. The van der Waals surface area contributed by atoms with E-state index in [9.17, 15) is 14.0 Å². The molecular formula is C18H16FN5O2S. The van der Waals surface area contributed by atoms with Gasteiger partial charge in [0.25, 0.3) is 5.56 Å². The van der Waals surface area contributed by atoms with Crippen molar-refractivity contribution >= 4 is 23.5 Å². The summed E-state index contributed by atoms with van der Waals surface area (Å²) < 4.78 is 15.8. The number of hydrogen-bond acceptors (Lipinski definition) is 5. The number of thioether (sulfide) groups is 1. The third kappa shape index (κ3) is 3.50. The van der Waals surface area contributed by atoms with Crippen molar-refractivity contribution in [1.82, 2.24) is 19.6 Å². The average Bonchev–Trinajstić information content (AvgIpc) is 3.20. The maximum atomic E-state index is 13.1. The van der Waals surface area contributed by atoms with Crippen LogP contribution in [0.3, 0.4) is 0 Å². The van der Waals surface area contributed by atoms with Crippen molar-refractivity contribution < 1.29 is 9.18 Å². The Kier molecular flexibility index (Phi) is 4.53. The molecule has 2 aromatic heterocycles. The highest BCUT2D eigenvalue weighted by Gasteiger charge is 2.22. The summed E-state index contributed by atoms with van der Waals surface area (Å²) in [6, 6.07) is 8.68. The van der Waals surface area contributed by atoms with Gasteiger partial charge in [-0.3, -0.25) is 14.3 Å². The van der Waals surface area contributed by atoms with Crippen LogP contribution in [0.4, 0.5) is 10.2 Å². The molecule has 1 aliphatic heterocycles. The van der Waals surface area contributed by atoms with Gasteiger partial charge in [-0.05, 0) is 30.3 Å². The second kappa shape index (κ2) is 6.99. The lowest BCUT2D eigenvalue weighted by Crippen LogP contribution is -2.30. The Labute approximate surface area is 158 Å². The number of nitrogens with zero attached hydrogens (tertiary/aromatic N) is 4. The first kappa shape index (κ1) is 17.5. The number of aromatic nitrogens is 4. The summed E-state index contributed by atoms with van der Waals surface area (Å²) in [6.45, 7) is -0.221. The summed E-state index contributed by atoms with van der Waals surface area (Å²) in [5.41, 5.74) is 2.76. The summed E-state index contributed by atoms with van der Waals surface area (Å²) in [6.07, 6.45) is 0. The highest BCUT2D eigenvalue weighted by atomic mass is 32.2. The number of hydrogen-bond donors (Lipinski definition) is 1. The van der Waals surface area contributed by atoms with Crippen molar-refractivity contribution in [3.05, 3.63) is 63.8 Å². The molecule has 3 aromatic rings. The van der Waals surface area contributed by atoms with Gasteiger partial charge in [0.2, 0.25) is 5.91 Å². The molecule has 0 radical (unpaired) electrons. The van der Waals surface area contributed by atoms with E-state index in [-0.39, 0.29) is 23.8 Å². The fourth-order valence-electron chi connectivity index (χ4n) is 2.94. The topological polar surface area (TPSA) is 81.8 Å². The van der Waals surface area contributed by atoms with E-state index in [4.69, 9.17) is 0 Å². The van der Waals surface area contributed by atoms with E-state index in [0.717, 1.165) is 27.4 Å². The first-order valence-electron chi connectivity index (χ1n) is 8.28. The standard InChI is InChI=1S/C18H16FN5O2S/c1-23-18(13-9-27-10-15(13)21-23)20-16(25)8-24-17(26)7-6-14(22-24)11-2-4-12(19)5-3-11/h2-7H,8-10H2,1H3,(H,20,25). The number of carbonyl (C=O) groups excluding carboxylic acids is 1. The highest BCUT2D eigenvalue weighted by molar-refractivity contribution is 7.98. The fourth-order valence-corrected chi connectivity index (χ4v) is 3.98. The highest BCUT2D eigenvalue weighted by Crippen LogP contribution is 2.34. The van der Waals surface area contributed by atoms with Crippen molar-refractivity contribution in [2.75, 3.05) is 5.32 Å². The van der Waals surface area contributed by atoms with Crippen molar-refractivity contribution in [2.24, 2.45) is 7.05 Å². The first-order chi connectivity index (χ1) is 13.0. The third-order valence-corrected chi connectivity index (χ3v) is 5.24. The Bertz CT molecular complexity index is 1070.